The van der Waals surface area contributed by atoms with Crippen molar-refractivity contribution in [2.75, 3.05) is 13.7 Å². The third-order valence-corrected chi connectivity index (χ3v) is 3.60. The average Bonchev–Trinajstić information content (AvgIpc) is 2.70. The highest BCUT2D eigenvalue weighted by Crippen LogP contribution is 2.25. The first-order chi connectivity index (χ1) is 9.63. The molecule has 0 aromatic carbocycles. The van der Waals surface area contributed by atoms with Gasteiger partial charge in [-0.25, -0.2) is 9.78 Å². The van der Waals surface area contributed by atoms with E-state index >= 15 is 0 Å². The van der Waals surface area contributed by atoms with Gasteiger partial charge in [-0.15, -0.1) is 0 Å². The maximum absolute atomic E-state index is 11.4. The summed E-state index contributed by atoms with van der Waals surface area (Å²) in [7, 11) is 1.29. The van der Waals surface area contributed by atoms with E-state index in [4.69, 9.17) is 10.5 Å². The SMILES string of the molecule is COC(=O)c1nccc(OCC2(N)CCCCCC2)n1. The van der Waals surface area contributed by atoms with E-state index < -0.39 is 5.97 Å². The molecule has 1 aliphatic carbocycles. The van der Waals surface area contributed by atoms with E-state index in [0.29, 0.717) is 12.5 Å². The number of nitrogens with two attached hydrogens (primary N) is 1. The van der Waals surface area contributed by atoms with Gasteiger partial charge in [0.2, 0.25) is 11.7 Å². The zero-order valence-corrected chi connectivity index (χ0v) is 11.8. The summed E-state index contributed by atoms with van der Waals surface area (Å²) in [5.74, 6) is -0.223. The van der Waals surface area contributed by atoms with Crippen molar-refractivity contribution in [2.45, 2.75) is 44.1 Å². The second kappa shape index (κ2) is 6.65. The molecule has 0 spiro atoms. The van der Waals surface area contributed by atoms with Gasteiger partial charge >= 0.3 is 5.97 Å². The van der Waals surface area contributed by atoms with Crippen LogP contribution in [0.25, 0.3) is 0 Å². The number of carbonyl (C=O) groups excluding carboxylic acids is 1. The van der Waals surface area contributed by atoms with Gasteiger partial charge in [0.1, 0.15) is 6.61 Å². The molecule has 0 amide bonds. The first-order valence-corrected chi connectivity index (χ1v) is 6.96. The molecule has 1 fully saturated rings. The number of aromatic nitrogens is 2. The monoisotopic (exact) mass is 279 g/mol. The quantitative estimate of drug-likeness (QED) is 0.666. The number of rotatable bonds is 4. The number of nitrogens with zero attached hydrogens (tertiary/aromatic N) is 2. The Bertz CT molecular complexity index is 457. The van der Waals surface area contributed by atoms with E-state index in [1.54, 1.807) is 6.07 Å². The Labute approximate surface area is 118 Å². The van der Waals surface area contributed by atoms with Gasteiger partial charge in [-0.2, -0.15) is 4.98 Å². The van der Waals surface area contributed by atoms with E-state index in [-0.39, 0.29) is 11.4 Å². The Morgan fingerprint density at radius 2 is 2.05 bits per heavy atom. The van der Waals surface area contributed by atoms with Gasteiger partial charge in [-0.3, -0.25) is 0 Å². The number of ether oxygens (including phenoxy) is 2. The number of methoxy groups -OCH3 is 1. The van der Waals surface area contributed by atoms with Crippen molar-refractivity contribution in [1.29, 1.82) is 0 Å². The number of hydrogen-bond acceptors (Lipinski definition) is 6. The summed E-state index contributed by atoms with van der Waals surface area (Å²) in [5, 5.41) is 0. The molecule has 1 saturated carbocycles. The fourth-order valence-electron chi connectivity index (χ4n) is 2.41. The lowest BCUT2D eigenvalue weighted by atomic mass is 9.93. The molecule has 0 atom stereocenters. The molecule has 0 saturated heterocycles. The molecule has 1 heterocycles. The summed E-state index contributed by atoms with van der Waals surface area (Å²) in [6.07, 6.45) is 8.14. The van der Waals surface area contributed by atoms with Crippen LogP contribution in [0.3, 0.4) is 0 Å². The standard InChI is InChI=1S/C14H21N3O3/c1-19-13(18)12-16-9-6-11(17-12)20-10-14(15)7-4-2-3-5-8-14/h6,9H,2-5,7-8,10,15H2,1H3. The number of esters is 1. The summed E-state index contributed by atoms with van der Waals surface area (Å²) in [6.45, 7) is 0.407. The van der Waals surface area contributed by atoms with Crippen LogP contribution in [-0.4, -0.2) is 35.2 Å². The predicted octanol–water partition coefficient (Wildman–Crippen LogP) is 1.69. The van der Waals surface area contributed by atoms with E-state index in [2.05, 4.69) is 14.7 Å². The molecule has 0 radical (unpaired) electrons. The van der Waals surface area contributed by atoms with Crippen molar-refractivity contribution in [3.63, 3.8) is 0 Å². The minimum Gasteiger partial charge on any atom is -0.476 e. The van der Waals surface area contributed by atoms with Gasteiger partial charge in [0, 0.05) is 12.3 Å². The fraction of sp³-hybridized carbons (Fsp3) is 0.643. The van der Waals surface area contributed by atoms with Gasteiger partial charge in [0.05, 0.1) is 12.6 Å². The van der Waals surface area contributed by atoms with Gasteiger partial charge in [-0.1, -0.05) is 25.7 Å². The second-order valence-corrected chi connectivity index (χ2v) is 5.28. The third-order valence-electron chi connectivity index (χ3n) is 3.60. The normalized spacial score (nSPS) is 18.1. The van der Waals surface area contributed by atoms with Crippen molar-refractivity contribution in [3.8, 4) is 5.88 Å². The van der Waals surface area contributed by atoms with Crippen LogP contribution in [-0.2, 0) is 4.74 Å². The molecule has 1 aliphatic rings. The van der Waals surface area contributed by atoms with Crippen molar-refractivity contribution < 1.29 is 14.3 Å². The Kier molecular flexibility index (Phi) is 4.89. The molecule has 2 N–H and O–H groups in total. The van der Waals surface area contributed by atoms with Crippen molar-refractivity contribution >= 4 is 5.97 Å². The zero-order chi connectivity index (χ0) is 14.4. The summed E-state index contributed by atoms with van der Waals surface area (Å²) < 4.78 is 10.2. The maximum atomic E-state index is 11.4. The fourth-order valence-corrected chi connectivity index (χ4v) is 2.41. The van der Waals surface area contributed by atoms with Crippen molar-refractivity contribution in [2.24, 2.45) is 5.73 Å². The highest BCUT2D eigenvalue weighted by molar-refractivity contribution is 5.84. The second-order valence-electron chi connectivity index (χ2n) is 5.28. The van der Waals surface area contributed by atoms with Gasteiger partial charge < -0.3 is 15.2 Å². The molecular weight excluding hydrogens is 258 g/mol. The predicted molar refractivity (Wildman–Crippen MR) is 73.5 cm³/mol. The molecule has 0 bridgehead atoms. The topological polar surface area (TPSA) is 87.3 Å². The first-order valence-electron chi connectivity index (χ1n) is 6.96. The minimum atomic E-state index is -0.577. The van der Waals surface area contributed by atoms with Crippen LogP contribution in [0.4, 0.5) is 0 Å². The van der Waals surface area contributed by atoms with E-state index in [1.165, 1.54) is 26.1 Å². The van der Waals surface area contributed by atoms with Gasteiger partial charge in [0.15, 0.2) is 0 Å². The molecule has 0 aliphatic heterocycles. The Hall–Kier alpha value is -1.69. The maximum Gasteiger partial charge on any atom is 0.376 e. The van der Waals surface area contributed by atoms with E-state index in [1.807, 2.05) is 0 Å². The molecule has 2 rings (SSSR count). The Morgan fingerprint density at radius 3 is 2.70 bits per heavy atom. The van der Waals surface area contributed by atoms with Gasteiger partial charge in [-0.05, 0) is 12.8 Å². The smallest absolute Gasteiger partial charge is 0.376 e. The van der Waals surface area contributed by atoms with E-state index in [9.17, 15) is 4.79 Å². The highest BCUT2D eigenvalue weighted by Gasteiger charge is 2.27. The largest absolute Gasteiger partial charge is 0.476 e. The van der Waals surface area contributed by atoms with Crippen LogP contribution in [0.2, 0.25) is 0 Å². The third kappa shape index (κ3) is 3.90. The molecule has 0 unspecified atom stereocenters. The summed E-state index contributed by atoms with van der Waals surface area (Å²) in [6, 6.07) is 1.62. The molecule has 20 heavy (non-hydrogen) atoms. The molecular formula is C14H21N3O3. The lowest BCUT2D eigenvalue weighted by Crippen LogP contribution is -2.45. The van der Waals surface area contributed by atoms with Crippen LogP contribution in [0.5, 0.6) is 5.88 Å². The van der Waals surface area contributed by atoms with Crippen LogP contribution >= 0.6 is 0 Å². The van der Waals surface area contributed by atoms with Crippen LogP contribution in [0, 0.1) is 0 Å². The zero-order valence-electron chi connectivity index (χ0n) is 11.8. The number of hydrogen-bond donors (Lipinski definition) is 1. The van der Waals surface area contributed by atoms with Crippen molar-refractivity contribution in [1.82, 2.24) is 9.97 Å². The molecule has 1 aromatic rings. The van der Waals surface area contributed by atoms with Crippen LogP contribution < -0.4 is 10.5 Å². The summed E-state index contributed by atoms with van der Waals surface area (Å²) in [5.41, 5.74) is 6.07. The molecule has 6 nitrogen and oxygen atoms in total. The van der Waals surface area contributed by atoms with Gasteiger partial charge in [0.25, 0.3) is 0 Å². The summed E-state index contributed by atoms with van der Waals surface area (Å²) >= 11 is 0. The number of carbonyl (C=O) groups is 1. The Balaban J connectivity index is 1.97. The first kappa shape index (κ1) is 14.7. The molecule has 110 valence electrons. The minimum absolute atomic E-state index is 0.00284. The van der Waals surface area contributed by atoms with Crippen molar-refractivity contribution in [3.05, 3.63) is 18.1 Å². The Morgan fingerprint density at radius 1 is 1.35 bits per heavy atom. The van der Waals surface area contributed by atoms with Crippen LogP contribution in [0.15, 0.2) is 12.3 Å². The lowest BCUT2D eigenvalue weighted by Gasteiger charge is -2.27. The van der Waals surface area contributed by atoms with E-state index in [0.717, 1.165) is 25.7 Å². The molecule has 1 aromatic heterocycles. The lowest BCUT2D eigenvalue weighted by molar-refractivity contribution is 0.0584. The molecule has 6 heteroatoms. The highest BCUT2D eigenvalue weighted by atomic mass is 16.5. The van der Waals surface area contributed by atoms with Crippen LogP contribution in [0.1, 0.15) is 49.1 Å². The average molecular weight is 279 g/mol. The summed E-state index contributed by atoms with van der Waals surface area (Å²) in [4.78, 5) is 19.2.